The summed E-state index contributed by atoms with van der Waals surface area (Å²) < 4.78 is 40.8. The van der Waals surface area contributed by atoms with E-state index in [0.717, 1.165) is 11.1 Å². The number of methoxy groups -OCH3 is 1. The number of rotatable bonds is 7. The molecule has 6 heteroatoms. The largest absolute Gasteiger partial charge is 0.471 e. The van der Waals surface area contributed by atoms with Crippen LogP contribution in [-0.4, -0.2) is 32.3 Å². The van der Waals surface area contributed by atoms with Gasteiger partial charge >= 0.3 is 12.1 Å². The molecule has 0 aromatic heterocycles. The fraction of sp³-hybridized carbons (Fsp3) is 0.400. The van der Waals surface area contributed by atoms with Gasteiger partial charge in [-0.25, -0.2) is 0 Å². The molecule has 116 valence electrons. The maximum Gasteiger partial charge on any atom is 0.471 e. The van der Waals surface area contributed by atoms with Crippen molar-refractivity contribution in [3.63, 3.8) is 0 Å². The zero-order chi connectivity index (χ0) is 15.7. The Kier molecular flexibility index (Phi) is 6.94. The smallest absolute Gasteiger partial charge is 0.381 e. The van der Waals surface area contributed by atoms with Gasteiger partial charge in [0, 0.05) is 13.7 Å². The molecule has 1 aromatic carbocycles. The summed E-state index contributed by atoms with van der Waals surface area (Å²) in [6, 6.07) is 7.67. The number of alkyl halides is 3. The first kappa shape index (κ1) is 17.2. The first-order chi connectivity index (χ1) is 9.93. The summed E-state index contributed by atoms with van der Waals surface area (Å²) in [4.78, 5) is 10.6. The number of carbonyl (C=O) groups excluding carboxylic acids is 1. The van der Waals surface area contributed by atoms with Crippen LogP contribution in [0, 0.1) is 0 Å². The van der Waals surface area contributed by atoms with Gasteiger partial charge in [0.15, 0.2) is 0 Å². The van der Waals surface area contributed by atoms with E-state index in [9.17, 15) is 18.0 Å². The molecule has 0 fully saturated rings. The van der Waals surface area contributed by atoms with Gasteiger partial charge in [0.05, 0.1) is 6.61 Å². The number of halogens is 3. The number of aryl methyl sites for hydroxylation is 1. The second kappa shape index (κ2) is 8.46. The summed E-state index contributed by atoms with van der Waals surface area (Å²) >= 11 is 0. The van der Waals surface area contributed by atoms with E-state index in [1.54, 1.807) is 7.11 Å². The number of nitrogens with one attached hydrogen (secondary N) is 1. The molecule has 1 aromatic rings. The van der Waals surface area contributed by atoms with Crippen LogP contribution in [0.15, 0.2) is 30.3 Å². The fourth-order valence-electron chi connectivity index (χ4n) is 1.73. The Morgan fingerprint density at radius 2 is 2.14 bits per heavy atom. The second-order valence-electron chi connectivity index (χ2n) is 4.46. The van der Waals surface area contributed by atoms with Crippen molar-refractivity contribution in [1.29, 1.82) is 0 Å². The molecule has 0 unspecified atom stereocenters. The number of carbonyl (C=O) groups is 1. The summed E-state index contributed by atoms with van der Waals surface area (Å²) in [5.41, 5.74) is 2.01. The van der Waals surface area contributed by atoms with Crippen LogP contribution in [0.25, 0.3) is 6.08 Å². The van der Waals surface area contributed by atoms with Crippen LogP contribution in [0.5, 0.6) is 0 Å². The Morgan fingerprint density at radius 3 is 2.81 bits per heavy atom. The highest BCUT2D eigenvalue weighted by atomic mass is 19.4. The van der Waals surface area contributed by atoms with E-state index in [2.05, 4.69) is 0 Å². The SMILES string of the molecule is COCC=Cc1cccc(CCCNC(=O)C(F)(F)F)c1. The van der Waals surface area contributed by atoms with Crippen molar-refractivity contribution < 1.29 is 22.7 Å². The van der Waals surface area contributed by atoms with Gasteiger partial charge in [0.1, 0.15) is 0 Å². The average Bonchev–Trinajstić information content (AvgIpc) is 2.43. The van der Waals surface area contributed by atoms with Crippen LogP contribution in [0.2, 0.25) is 0 Å². The van der Waals surface area contributed by atoms with Gasteiger partial charge in [-0.2, -0.15) is 13.2 Å². The molecule has 3 nitrogen and oxygen atoms in total. The number of hydrogen-bond acceptors (Lipinski definition) is 2. The lowest BCUT2D eigenvalue weighted by Crippen LogP contribution is -2.37. The lowest BCUT2D eigenvalue weighted by Gasteiger charge is -2.08. The second-order valence-corrected chi connectivity index (χ2v) is 4.46. The molecule has 1 rings (SSSR count). The van der Waals surface area contributed by atoms with Gasteiger partial charge in [-0.1, -0.05) is 36.4 Å². The van der Waals surface area contributed by atoms with Crippen molar-refractivity contribution in [2.24, 2.45) is 0 Å². The molecular formula is C15H18F3NO2. The van der Waals surface area contributed by atoms with E-state index in [4.69, 9.17) is 4.74 Å². The minimum absolute atomic E-state index is 0.00207. The minimum atomic E-state index is -4.81. The normalized spacial score (nSPS) is 11.8. The Morgan fingerprint density at radius 1 is 1.38 bits per heavy atom. The highest BCUT2D eigenvalue weighted by Crippen LogP contribution is 2.14. The predicted molar refractivity (Wildman–Crippen MR) is 74.7 cm³/mol. The Bertz CT molecular complexity index is 484. The molecule has 0 aliphatic rings. The molecule has 1 amide bonds. The summed E-state index contributed by atoms with van der Waals surface area (Å²) in [6.45, 7) is 0.524. The average molecular weight is 301 g/mol. The molecule has 0 bridgehead atoms. The van der Waals surface area contributed by atoms with Gasteiger partial charge < -0.3 is 10.1 Å². The van der Waals surface area contributed by atoms with Crippen molar-refractivity contribution in [2.75, 3.05) is 20.3 Å². The monoisotopic (exact) mass is 301 g/mol. The van der Waals surface area contributed by atoms with Crippen molar-refractivity contribution in [3.05, 3.63) is 41.5 Å². The highest BCUT2D eigenvalue weighted by Gasteiger charge is 2.38. The van der Waals surface area contributed by atoms with Crippen LogP contribution < -0.4 is 5.32 Å². The van der Waals surface area contributed by atoms with Crippen molar-refractivity contribution in [3.8, 4) is 0 Å². The standard InChI is InChI=1S/C15H18F3NO2/c1-21-10-4-8-13-6-2-5-12(11-13)7-3-9-19-14(20)15(16,17)18/h2,4-6,8,11H,3,7,9-10H2,1H3,(H,19,20). The molecule has 0 aliphatic carbocycles. The molecule has 0 heterocycles. The van der Waals surface area contributed by atoms with Crippen LogP contribution >= 0.6 is 0 Å². The van der Waals surface area contributed by atoms with E-state index in [-0.39, 0.29) is 6.54 Å². The quantitative estimate of drug-likeness (QED) is 0.786. The Hall–Kier alpha value is -1.82. The maximum atomic E-state index is 12.0. The predicted octanol–water partition coefficient (Wildman–Crippen LogP) is 2.96. The van der Waals surface area contributed by atoms with Crippen LogP contribution in [0.3, 0.4) is 0 Å². The van der Waals surface area contributed by atoms with Crippen LogP contribution in [0.1, 0.15) is 17.5 Å². The number of ether oxygens (including phenoxy) is 1. The van der Waals surface area contributed by atoms with E-state index in [1.807, 2.05) is 41.7 Å². The van der Waals surface area contributed by atoms with E-state index >= 15 is 0 Å². The number of amides is 1. The van der Waals surface area contributed by atoms with Crippen LogP contribution in [0.4, 0.5) is 13.2 Å². The molecule has 21 heavy (non-hydrogen) atoms. The van der Waals surface area contributed by atoms with E-state index in [0.29, 0.717) is 19.4 Å². The third kappa shape index (κ3) is 6.94. The van der Waals surface area contributed by atoms with E-state index < -0.39 is 12.1 Å². The topological polar surface area (TPSA) is 38.3 Å². The van der Waals surface area contributed by atoms with Crippen molar-refractivity contribution in [2.45, 2.75) is 19.0 Å². The molecule has 0 aliphatic heterocycles. The summed E-state index contributed by atoms with van der Waals surface area (Å²) in [7, 11) is 1.61. The third-order valence-electron chi connectivity index (χ3n) is 2.71. The molecule has 0 saturated carbocycles. The summed E-state index contributed by atoms with van der Waals surface area (Å²) in [5.74, 6) is -1.89. The van der Waals surface area contributed by atoms with Gasteiger partial charge in [-0.15, -0.1) is 0 Å². The zero-order valence-corrected chi connectivity index (χ0v) is 11.7. The Labute approximate surface area is 121 Å². The Balaban J connectivity index is 2.39. The molecule has 0 saturated heterocycles. The van der Waals surface area contributed by atoms with Gasteiger partial charge in [-0.05, 0) is 24.0 Å². The highest BCUT2D eigenvalue weighted by molar-refractivity contribution is 5.81. The molecule has 0 spiro atoms. The summed E-state index contributed by atoms with van der Waals surface area (Å²) in [6.07, 6.45) is 0.0321. The van der Waals surface area contributed by atoms with Gasteiger partial charge in [-0.3, -0.25) is 4.79 Å². The molecule has 0 radical (unpaired) electrons. The molecule has 1 N–H and O–H groups in total. The molecular weight excluding hydrogens is 283 g/mol. The lowest BCUT2D eigenvalue weighted by molar-refractivity contribution is -0.173. The lowest BCUT2D eigenvalue weighted by atomic mass is 10.1. The summed E-state index contributed by atoms with van der Waals surface area (Å²) in [5, 5.41) is 1.85. The van der Waals surface area contributed by atoms with Crippen molar-refractivity contribution >= 4 is 12.0 Å². The van der Waals surface area contributed by atoms with Gasteiger partial charge in [0.25, 0.3) is 0 Å². The zero-order valence-electron chi connectivity index (χ0n) is 11.7. The maximum absolute atomic E-state index is 12.0. The van der Waals surface area contributed by atoms with Gasteiger partial charge in [0.2, 0.25) is 0 Å². The fourth-order valence-corrected chi connectivity index (χ4v) is 1.73. The minimum Gasteiger partial charge on any atom is -0.381 e. The first-order valence-electron chi connectivity index (χ1n) is 6.53. The van der Waals surface area contributed by atoms with Crippen molar-refractivity contribution in [1.82, 2.24) is 5.32 Å². The molecule has 0 atom stereocenters. The number of benzene rings is 1. The number of hydrogen-bond donors (Lipinski definition) is 1. The van der Waals surface area contributed by atoms with E-state index in [1.165, 1.54) is 0 Å². The first-order valence-corrected chi connectivity index (χ1v) is 6.53. The third-order valence-corrected chi connectivity index (χ3v) is 2.71. The van der Waals surface area contributed by atoms with Crippen LogP contribution in [-0.2, 0) is 16.0 Å².